The van der Waals surface area contributed by atoms with Crippen LogP contribution in [0.25, 0.3) is 11.0 Å². The summed E-state index contributed by atoms with van der Waals surface area (Å²) in [7, 11) is -3.95. The van der Waals surface area contributed by atoms with Gasteiger partial charge in [0.2, 0.25) is 5.91 Å². The molecule has 1 amide bonds. The predicted molar refractivity (Wildman–Crippen MR) is 114 cm³/mol. The molecule has 0 spiro atoms. The Hall–Kier alpha value is -3.79. The first-order valence-electron chi connectivity index (χ1n) is 9.39. The third-order valence-electron chi connectivity index (χ3n) is 4.62. The topological polar surface area (TPSA) is 90.3 Å². The number of ether oxygens (including phenoxy) is 1. The average molecular weight is 457 g/mol. The Morgan fingerprint density at radius 1 is 1.06 bits per heavy atom. The number of aryl methyl sites for hydroxylation is 1. The van der Waals surface area contributed by atoms with Crippen molar-refractivity contribution >= 4 is 32.7 Å². The summed E-state index contributed by atoms with van der Waals surface area (Å²) in [5, 5.41) is 2.54. The van der Waals surface area contributed by atoms with E-state index in [1.54, 1.807) is 12.1 Å². The van der Waals surface area contributed by atoms with Crippen LogP contribution < -0.4 is 10.1 Å². The number of pyridine rings is 1. The standard InChI is InChI=1S/C22H17F2N3O4S/c1-13-3-5-16(6-4-13)32(29,30)27-10-8-17-20(7-9-25-22(17)27)31-21-18(23)11-15(12-19(21)24)26-14(2)28/h3-12H,1-2H3,(H,26,28). The first-order valence-corrected chi connectivity index (χ1v) is 10.8. The zero-order valence-electron chi connectivity index (χ0n) is 17.0. The van der Waals surface area contributed by atoms with Crippen LogP contribution in [0.1, 0.15) is 12.5 Å². The van der Waals surface area contributed by atoms with E-state index in [9.17, 15) is 22.0 Å². The fraction of sp³-hybridized carbons (Fsp3) is 0.0909. The summed E-state index contributed by atoms with van der Waals surface area (Å²) >= 11 is 0. The number of amides is 1. The minimum Gasteiger partial charge on any atom is -0.450 e. The zero-order chi connectivity index (χ0) is 23.0. The number of hydrogen-bond donors (Lipinski definition) is 1. The van der Waals surface area contributed by atoms with Gasteiger partial charge in [-0.3, -0.25) is 4.79 Å². The molecule has 0 aliphatic carbocycles. The summed E-state index contributed by atoms with van der Waals surface area (Å²) in [6.07, 6.45) is 2.58. The Morgan fingerprint density at radius 3 is 2.34 bits per heavy atom. The minimum atomic E-state index is -3.95. The van der Waals surface area contributed by atoms with Crippen molar-refractivity contribution in [3.63, 3.8) is 0 Å². The Morgan fingerprint density at radius 2 is 1.72 bits per heavy atom. The number of halogens is 2. The molecule has 0 unspecified atom stereocenters. The molecule has 0 bridgehead atoms. The lowest BCUT2D eigenvalue weighted by Crippen LogP contribution is -2.12. The molecule has 164 valence electrons. The van der Waals surface area contributed by atoms with Crippen LogP contribution in [-0.2, 0) is 14.8 Å². The van der Waals surface area contributed by atoms with Crippen molar-refractivity contribution in [3.8, 4) is 11.5 Å². The Bertz CT molecular complexity index is 1430. The molecule has 10 heteroatoms. The van der Waals surface area contributed by atoms with Crippen LogP contribution >= 0.6 is 0 Å². The summed E-state index contributed by atoms with van der Waals surface area (Å²) in [6.45, 7) is 3.05. The number of aromatic nitrogens is 2. The number of rotatable bonds is 5. The van der Waals surface area contributed by atoms with E-state index >= 15 is 0 Å². The molecule has 2 heterocycles. The predicted octanol–water partition coefficient (Wildman–Crippen LogP) is 4.61. The zero-order valence-corrected chi connectivity index (χ0v) is 17.8. The van der Waals surface area contributed by atoms with Crippen molar-refractivity contribution in [2.45, 2.75) is 18.7 Å². The maximum absolute atomic E-state index is 14.5. The number of hydrogen-bond acceptors (Lipinski definition) is 5. The van der Waals surface area contributed by atoms with Crippen molar-refractivity contribution in [1.82, 2.24) is 8.96 Å². The Balaban J connectivity index is 1.75. The lowest BCUT2D eigenvalue weighted by molar-refractivity contribution is -0.114. The maximum Gasteiger partial charge on any atom is 0.269 e. The van der Waals surface area contributed by atoms with Gasteiger partial charge in [-0.2, -0.15) is 0 Å². The first kappa shape index (κ1) is 21.4. The molecule has 0 aliphatic rings. The van der Waals surface area contributed by atoms with Gasteiger partial charge < -0.3 is 10.1 Å². The van der Waals surface area contributed by atoms with E-state index in [0.29, 0.717) is 0 Å². The molecule has 2 aromatic heterocycles. The minimum absolute atomic E-state index is 0.0120. The van der Waals surface area contributed by atoms with Gasteiger partial charge in [-0.15, -0.1) is 0 Å². The molecule has 0 aliphatic heterocycles. The highest BCUT2D eigenvalue weighted by Crippen LogP contribution is 2.34. The van der Waals surface area contributed by atoms with Gasteiger partial charge in [0.1, 0.15) is 5.75 Å². The Labute approximate surface area is 182 Å². The summed E-state index contributed by atoms with van der Waals surface area (Å²) in [5.74, 6) is -3.24. The van der Waals surface area contributed by atoms with Crippen molar-refractivity contribution in [2.24, 2.45) is 0 Å². The second kappa shape index (κ2) is 8.04. The highest BCUT2D eigenvalue weighted by atomic mass is 32.2. The number of fused-ring (bicyclic) bond motifs is 1. The fourth-order valence-electron chi connectivity index (χ4n) is 3.14. The van der Waals surface area contributed by atoms with E-state index in [1.165, 1.54) is 43.6 Å². The van der Waals surface area contributed by atoms with Gasteiger partial charge in [0.05, 0.1) is 10.3 Å². The van der Waals surface area contributed by atoms with Gasteiger partial charge in [0.25, 0.3) is 10.0 Å². The molecule has 4 aromatic rings. The number of nitrogens with zero attached hydrogens (tertiary/aromatic N) is 2. The van der Waals surface area contributed by atoms with Gasteiger partial charge in [-0.05, 0) is 31.2 Å². The highest BCUT2D eigenvalue weighted by molar-refractivity contribution is 7.90. The summed E-state index contributed by atoms with van der Waals surface area (Å²) in [4.78, 5) is 15.3. The number of anilines is 1. The maximum atomic E-state index is 14.5. The molecule has 2 aromatic carbocycles. The quantitative estimate of drug-likeness (QED) is 0.473. The van der Waals surface area contributed by atoms with E-state index in [4.69, 9.17) is 4.74 Å². The van der Waals surface area contributed by atoms with Gasteiger partial charge in [-0.1, -0.05) is 17.7 Å². The monoisotopic (exact) mass is 457 g/mol. The van der Waals surface area contributed by atoms with Crippen molar-refractivity contribution in [2.75, 3.05) is 5.32 Å². The molecule has 7 nitrogen and oxygen atoms in total. The summed E-state index contributed by atoms with van der Waals surface area (Å²) in [6, 6.07) is 11.0. The lowest BCUT2D eigenvalue weighted by atomic mass is 10.2. The van der Waals surface area contributed by atoms with E-state index < -0.39 is 33.3 Å². The first-order chi connectivity index (χ1) is 15.2. The van der Waals surface area contributed by atoms with Crippen LogP contribution in [0, 0.1) is 18.6 Å². The molecular weight excluding hydrogens is 440 g/mol. The van der Waals surface area contributed by atoms with E-state index in [2.05, 4.69) is 10.3 Å². The smallest absolute Gasteiger partial charge is 0.269 e. The van der Waals surface area contributed by atoms with E-state index in [0.717, 1.165) is 21.7 Å². The van der Waals surface area contributed by atoms with Crippen molar-refractivity contribution in [3.05, 3.63) is 78.1 Å². The van der Waals surface area contributed by atoms with E-state index in [1.807, 2.05) is 6.92 Å². The van der Waals surface area contributed by atoms with Gasteiger partial charge in [-0.25, -0.2) is 26.2 Å². The summed E-state index contributed by atoms with van der Waals surface area (Å²) in [5.41, 5.74) is 0.887. The average Bonchev–Trinajstić information content (AvgIpc) is 3.16. The number of benzene rings is 2. The molecule has 0 radical (unpaired) electrons. The molecule has 1 N–H and O–H groups in total. The van der Waals surface area contributed by atoms with Gasteiger partial charge in [0, 0.05) is 37.1 Å². The lowest BCUT2D eigenvalue weighted by Gasteiger charge is -2.11. The number of carbonyl (C=O) groups excluding carboxylic acids is 1. The van der Waals surface area contributed by atoms with Gasteiger partial charge in [0.15, 0.2) is 23.0 Å². The highest BCUT2D eigenvalue weighted by Gasteiger charge is 2.22. The second-order valence-electron chi connectivity index (χ2n) is 7.03. The molecule has 0 atom stereocenters. The van der Waals surface area contributed by atoms with Crippen LogP contribution in [0.2, 0.25) is 0 Å². The number of carbonyl (C=O) groups is 1. The molecule has 0 fully saturated rings. The second-order valence-corrected chi connectivity index (χ2v) is 8.84. The molecule has 0 saturated heterocycles. The van der Waals surface area contributed by atoms with Crippen LogP contribution in [0.15, 0.2) is 65.8 Å². The molecule has 32 heavy (non-hydrogen) atoms. The van der Waals surface area contributed by atoms with Crippen LogP contribution in [-0.4, -0.2) is 23.3 Å². The van der Waals surface area contributed by atoms with Crippen LogP contribution in [0.5, 0.6) is 11.5 Å². The SMILES string of the molecule is CC(=O)Nc1cc(F)c(Oc2ccnc3c2ccn3S(=O)(=O)c2ccc(C)cc2)c(F)c1. The van der Waals surface area contributed by atoms with Gasteiger partial charge >= 0.3 is 0 Å². The molecular formula is C22H17F2N3O4S. The normalized spacial score (nSPS) is 11.5. The largest absolute Gasteiger partial charge is 0.450 e. The van der Waals surface area contributed by atoms with E-state index in [-0.39, 0.29) is 27.4 Å². The molecule has 4 rings (SSSR count). The van der Waals surface area contributed by atoms with Crippen LogP contribution in [0.4, 0.5) is 14.5 Å². The van der Waals surface area contributed by atoms with Crippen LogP contribution in [0.3, 0.4) is 0 Å². The molecule has 0 saturated carbocycles. The third-order valence-corrected chi connectivity index (χ3v) is 6.30. The third kappa shape index (κ3) is 3.92. The van der Waals surface area contributed by atoms with Crippen molar-refractivity contribution in [1.29, 1.82) is 0 Å². The fourth-order valence-corrected chi connectivity index (χ4v) is 4.44. The summed E-state index contributed by atoms with van der Waals surface area (Å²) < 4.78 is 61.5. The Kier molecular flexibility index (Phi) is 5.39. The number of nitrogens with one attached hydrogen (secondary N) is 1. The van der Waals surface area contributed by atoms with Crippen molar-refractivity contribution < 1.29 is 26.7 Å².